The molecule has 0 bridgehead atoms. The first kappa shape index (κ1) is 17.1. The minimum Gasteiger partial charge on any atom is -0.506 e. The molecule has 1 aliphatic carbocycles. The summed E-state index contributed by atoms with van der Waals surface area (Å²) < 4.78 is 40.0. The van der Waals surface area contributed by atoms with Crippen LogP contribution in [0.15, 0.2) is 41.8 Å². The molecule has 1 aromatic heterocycles. The van der Waals surface area contributed by atoms with Crippen LogP contribution in [0.2, 0.25) is 0 Å². The number of halogens is 3. The lowest BCUT2D eigenvalue weighted by atomic mass is 9.94. The minimum atomic E-state index is -4.43. The van der Waals surface area contributed by atoms with Crippen molar-refractivity contribution >= 4 is 5.76 Å². The fraction of sp³-hybridized carbons (Fsp3) is 0.294. The van der Waals surface area contributed by atoms with Gasteiger partial charge in [-0.25, -0.2) is 0 Å². The van der Waals surface area contributed by atoms with Crippen LogP contribution in [0, 0.1) is 0 Å². The number of aromatic nitrogens is 2. The maximum absolute atomic E-state index is 12.9. The average molecular weight is 352 g/mol. The third kappa shape index (κ3) is 3.24. The molecule has 0 saturated heterocycles. The second kappa shape index (κ2) is 5.65. The van der Waals surface area contributed by atoms with Crippen LogP contribution in [0.3, 0.4) is 0 Å². The van der Waals surface area contributed by atoms with Gasteiger partial charge in [0.2, 0.25) is 0 Å². The van der Waals surface area contributed by atoms with Crippen molar-refractivity contribution in [1.82, 2.24) is 9.78 Å². The first-order chi connectivity index (χ1) is 11.6. The fourth-order valence-electron chi connectivity index (χ4n) is 2.82. The molecule has 1 aliphatic rings. The van der Waals surface area contributed by atoms with Gasteiger partial charge in [-0.2, -0.15) is 18.3 Å². The van der Waals surface area contributed by atoms with E-state index in [2.05, 4.69) is 11.7 Å². The van der Waals surface area contributed by atoms with Crippen LogP contribution in [0.1, 0.15) is 29.7 Å². The molecule has 0 amide bonds. The Labute approximate surface area is 140 Å². The zero-order chi connectivity index (χ0) is 18.4. The number of aliphatic hydroxyl groups is 1. The number of hydrogen-bond acceptors (Lipinski definition) is 4. The Morgan fingerprint density at radius 1 is 1.36 bits per heavy atom. The van der Waals surface area contributed by atoms with E-state index in [0.29, 0.717) is 18.4 Å². The average Bonchev–Trinajstić information content (AvgIpc) is 3.30. The molecule has 0 unspecified atom stereocenters. The van der Waals surface area contributed by atoms with Crippen molar-refractivity contribution in [2.24, 2.45) is 0 Å². The normalized spacial score (nSPS) is 15.8. The van der Waals surface area contributed by atoms with E-state index in [4.69, 9.17) is 0 Å². The van der Waals surface area contributed by atoms with Gasteiger partial charge in [-0.05, 0) is 24.5 Å². The molecule has 8 heteroatoms. The quantitative estimate of drug-likeness (QED) is 0.829. The van der Waals surface area contributed by atoms with Crippen molar-refractivity contribution in [2.45, 2.75) is 31.0 Å². The third-order valence-corrected chi connectivity index (χ3v) is 4.34. The molecular formula is C17H15F3N2O3. The first-order valence-corrected chi connectivity index (χ1v) is 7.49. The van der Waals surface area contributed by atoms with Gasteiger partial charge < -0.3 is 10.2 Å². The molecule has 0 radical (unpaired) electrons. The van der Waals surface area contributed by atoms with Crippen molar-refractivity contribution in [2.75, 3.05) is 0 Å². The second-order valence-electron chi connectivity index (χ2n) is 6.20. The molecule has 0 atom stereocenters. The van der Waals surface area contributed by atoms with Crippen LogP contribution in [0.25, 0.3) is 5.76 Å². The van der Waals surface area contributed by atoms with Crippen LogP contribution in [-0.2, 0) is 18.1 Å². The van der Waals surface area contributed by atoms with Crippen molar-refractivity contribution in [3.05, 3.63) is 64.1 Å². The third-order valence-electron chi connectivity index (χ3n) is 4.34. The summed E-state index contributed by atoms with van der Waals surface area (Å²) >= 11 is 0. The number of benzene rings is 1. The Kier molecular flexibility index (Phi) is 3.85. The Hall–Kier alpha value is -2.77. The zero-order valence-electron chi connectivity index (χ0n) is 13.0. The van der Waals surface area contributed by atoms with E-state index < -0.39 is 34.1 Å². The molecule has 0 aliphatic heterocycles. The van der Waals surface area contributed by atoms with Crippen LogP contribution in [0.5, 0.6) is 5.75 Å². The number of alkyl halides is 3. The summed E-state index contributed by atoms with van der Waals surface area (Å²) in [5, 5.41) is 23.0. The van der Waals surface area contributed by atoms with Gasteiger partial charge in [-0.15, -0.1) is 0 Å². The van der Waals surface area contributed by atoms with E-state index in [-0.39, 0.29) is 12.2 Å². The molecule has 0 spiro atoms. The Morgan fingerprint density at radius 3 is 2.60 bits per heavy atom. The Balaban J connectivity index is 1.96. The maximum Gasteiger partial charge on any atom is 0.416 e. The summed E-state index contributed by atoms with van der Waals surface area (Å²) in [7, 11) is 0. The summed E-state index contributed by atoms with van der Waals surface area (Å²) in [5.41, 5.74) is -2.00. The smallest absolute Gasteiger partial charge is 0.416 e. The number of nitrogens with zero attached hydrogens (tertiary/aromatic N) is 2. The molecule has 2 N–H and O–H groups in total. The lowest BCUT2D eigenvalue weighted by Crippen LogP contribution is -2.23. The largest absolute Gasteiger partial charge is 0.506 e. The number of aromatic hydroxyl groups is 1. The molecule has 2 aromatic rings. The second-order valence-corrected chi connectivity index (χ2v) is 6.20. The molecule has 1 saturated carbocycles. The Morgan fingerprint density at radius 2 is 2.04 bits per heavy atom. The van der Waals surface area contributed by atoms with E-state index in [1.807, 2.05) is 0 Å². The summed E-state index contributed by atoms with van der Waals surface area (Å²) in [6.07, 6.45) is -2.03. The van der Waals surface area contributed by atoms with E-state index in [1.165, 1.54) is 10.7 Å². The zero-order valence-corrected chi connectivity index (χ0v) is 13.0. The highest BCUT2D eigenvalue weighted by atomic mass is 19.4. The molecule has 1 aromatic carbocycles. The lowest BCUT2D eigenvalue weighted by Gasteiger charge is -2.19. The monoisotopic (exact) mass is 352 g/mol. The fourth-order valence-corrected chi connectivity index (χ4v) is 2.82. The lowest BCUT2D eigenvalue weighted by molar-refractivity contribution is -0.137. The predicted molar refractivity (Wildman–Crippen MR) is 84.2 cm³/mol. The van der Waals surface area contributed by atoms with Gasteiger partial charge in [0.15, 0.2) is 11.4 Å². The summed E-state index contributed by atoms with van der Waals surface area (Å²) in [6.45, 7) is 3.39. The van der Waals surface area contributed by atoms with Gasteiger partial charge in [-0.3, -0.25) is 9.48 Å². The van der Waals surface area contributed by atoms with Gasteiger partial charge in [0.25, 0.3) is 5.43 Å². The maximum atomic E-state index is 12.9. The van der Waals surface area contributed by atoms with Crippen molar-refractivity contribution in [1.29, 1.82) is 0 Å². The van der Waals surface area contributed by atoms with E-state index in [9.17, 15) is 28.2 Å². The highest BCUT2D eigenvalue weighted by molar-refractivity contribution is 5.52. The first-order valence-electron chi connectivity index (χ1n) is 7.49. The SMILES string of the molecule is C=C(O)c1nn(CC2(c3cccc(C(F)(F)F)c3)CC2)cc(O)c1=O. The van der Waals surface area contributed by atoms with Gasteiger partial charge in [0.1, 0.15) is 5.76 Å². The summed E-state index contributed by atoms with van der Waals surface area (Å²) in [4.78, 5) is 11.7. The molecule has 132 valence electrons. The van der Waals surface area contributed by atoms with Crippen molar-refractivity contribution in [3.63, 3.8) is 0 Å². The van der Waals surface area contributed by atoms with Gasteiger partial charge in [0.05, 0.1) is 18.3 Å². The van der Waals surface area contributed by atoms with Crippen LogP contribution in [-0.4, -0.2) is 20.0 Å². The number of rotatable bonds is 4. The molecule has 1 heterocycles. The number of aliphatic hydroxyl groups excluding tert-OH is 1. The van der Waals surface area contributed by atoms with Crippen molar-refractivity contribution < 1.29 is 23.4 Å². The molecule has 25 heavy (non-hydrogen) atoms. The van der Waals surface area contributed by atoms with Crippen LogP contribution >= 0.6 is 0 Å². The minimum absolute atomic E-state index is 0.169. The molecule has 1 fully saturated rings. The van der Waals surface area contributed by atoms with E-state index >= 15 is 0 Å². The van der Waals surface area contributed by atoms with E-state index in [0.717, 1.165) is 18.3 Å². The number of hydrogen-bond donors (Lipinski definition) is 2. The topological polar surface area (TPSA) is 75.3 Å². The van der Waals surface area contributed by atoms with Crippen LogP contribution in [0.4, 0.5) is 13.2 Å². The predicted octanol–water partition coefficient (Wildman–Crippen LogP) is 3.23. The molecular weight excluding hydrogens is 337 g/mol. The summed E-state index contributed by atoms with van der Waals surface area (Å²) in [6, 6.07) is 5.10. The highest BCUT2D eigenvalue weighted by Gasteiger charge is 2.46. The Bertz CT molecular complexity index is 899. The van der Waals surface area contributed by atoms with Gasteiger partial charge >= 0.3 is 6.18 Å². The molecule has 3 rings (SSSR count). The summed E-state index contributed by atoms with van der Waals surface area (Å²) in [5.74, 6) is -1.20. The van der Waals surface area contributed by atoms with Gasteiger partial charge in [0, 0.05) is 5.41 Å². The standard InChI is InChI=1S/C17H15F3N2O3/c1-10(23)14-15(25)13(24)8-22(21-14)9-16(5-6-16)11-3-2-4-12(7-11)17(18,19)20/h2-4,7-8,23-24H,1,5-6,9H2. The van der Waals surface area contributed by atoms with Crippen molar-refractivity contribution in [3.8, 4) is 5.75 Å². The van der Waals surface area contributed by atoms with Gasteiger partial charge in [-0.1, -0.05) is 24.8 Å². The highest BCUT2D eigenvalue weighted by Crippen LogP contribution is 2.50. The van der Waals surface area contributed by atoms with Crippen LogP contribution < -0.4 is 5.43 Å². The molecule has 5 nitrogen and oxygen atoms in total. The van der Waals surface area contributed by atoms with E-state index in [1.54, 1.807) is 6.07 Å².